The Morgan fingerprint density at radius 2 is 2.00 bits per heavy atom. The molecular formula is C16H16ClN5. The van der Waals surface area contributed by atoms with Crippen molar-refractivity contribution in [2.45, 2.75) is 25.2 Å². The Labute approximate surface area is 133 Å². The average molecular weight is 314 g/mol. The molecular weight excluding hydrogens is 298 g/mol. The van der Waals surface area contributed by atoms with Gasteiger partial charge in [0.15, 0.2) is 5.82 Å². The van der Waals surface area contributed by atoms with Gasteiger partial charge in [-0.25, -0.2) is 4.98 Å². The Morgan fingerprint density at radius 3 is 2.77 bits per heavy atom. The highest BCUT2D eigenvalue weighted by atomic mass is 35.5. The Hall–Kier alpha value is -2.14. The number of anilines is 1. The van der Waals surface area contributed by atoms with Crippen molar-refractivity contribution in [3.05, 3.63) is 53.1 Å². The number of benzene rings is 1. The van der Waals surface area contributed by atoms with Crippen LogP contribution < -0.4 is 5.32 Å². The van der Waals surface area contributed by atoms with Crippen LogP contribution in [0.4, 0.5) is 5.82 Å². The molecule has 1 fully saturated rings. The molecule has 0 atom stereocenters. The van der Waals surface area contributed by atoms with Crippen molar-refractivity contribution >= 4 is 23.1 Å². The predicted octanol–water partition coefficient (Wildman–Crippen LogP) is 3.31. The van der Waals surface area contributed by atoms with Gasteiger partial charge in [0.1, 0.15) is 5.82 Å². The van der Waals surface area contributed by atoms with Crippen LogP contribution in [0.1, 0.15) is 30.1 Å². The number of fused-ring (bicyclic) bond motifs is 1. The molecule has 112 valence electrons. The van der Waals surface area contributed by atoms with Crippen LogP contribution >= 0.6 is 11.6 Å². The molecule has 0 aliphatic heterocycles. The number of nitrogens with zero attached hydrogens (tertiary/aromatic N) is 4. The topological polar surface area (TPSA) is 55.1 Å². The lowest BCUT2D eigenvalue weighted by Crippen LogP contribution is -2.08. The number of hydrogen-bond acceptors (Lipinski definition) is 4. The molecule has 0 radical (unpaired) electrons. The highest BCUT2D eigenvalue weighted by molar-refractivity contribution is 6.30. The molecule has 4 rings (SSSR count). The summed E-state index contributed by atoms with van der Waals surface area (Å²) in [4.78, 5) is 4.39. The van der Waals surface area contributed by atoms with Crippen molar-refractivity contribution in [1.29, 1.82) is 0 Å². The minimum atomic E-state index is 0.569. The van der Waals surface area contributed by atoms with Gasteiger partial charge in [-0.15, -0.1) is 10.2 Å². The molecule has 1 aromatic carbocycles. The number of halogens is 1. The van der Waals surface area contributed by atoms with E-state index in [1.807, 2.05) is 30.5 Å². The van der Waals surface area contributed by atoms with E-state index >= 15 is 0 Å². The molecule has 5 nitrogen and oxygen atoms in total. The van der Waals surface area contributed by atoms with Crippen LogP contribution in [0.3, 0.4) is 0 Å². The molecule has 0 unspecified atom stereocenters. The Morgan fingerprint density at radius 1 is 1.18 bits per heavy atom. The van der Waals surface area contributed by atoms with Crippen LogP contribution in [0.25, 0.3) is 5.65 Å². The van der Waals surface area contributed by atoms with Crippen molar-refractivity contribution in [1.82, 2.24) is 19.6 Å². The molecule has 2 aromatic heterocycles. The van der Waals surface area contributed by atoms with Gasteiger partial charge in [-0.1, -0.05) is 23.7 Å². The zero-order valence-electron chi connectivity index (χ0n) is 12.0. The van der Waals surface area contributed by atoms with Gasteiger partial charge in [0.05, 0.1) is 0 Å². The molecule has 1 aliphatic carbocycles. The van der Waals surface area contributed by atoms with E-state index in [0.29, 0.717) is 5.92 Å². The largest absolute Gasteiger partial charge is 0.367 e. The van der Waals surface area contributed by atoms with E-state index in [4.69, 9.17) is 11.6 Å². The van der Waals surface area contributed by atoms with Gasteiger partial charge in [0.2, 0.25) is 5.65 Å². The lowest BCUT2D eigenvalue weighted by molar-refractivity contribution is 0.894. The summed E-state index contributed by atoms with van der Waals surface area (Å²) in [5, 5.41) is 12.7. The van der Waals surface area contributed by atoms with Crippen LogP contribution in [0.15, 0.2) is 36.7 Å². The molecule has 0 bridgehead atoms. The highest BCUT2D eigenvalue weighted by Crippen LogP contribution is 2.39. The lowest BCUT2D eigenvalue weighted by Gasteiger charge is -2.07. The fraction of sp³-hybridized carbons (Fsp3) is 0.312. The second kappa shape index (κ2) is 5.57. The zero-order valence-corrected chi connectivity index (χ0v) is 12.8. The minimum absolute atomic E-state index is 0.569. The van der Waals surface area contributed by atoms with E-state index in [0.717, 1.165) is 35.3 Å². The second-order valence-electron chi connectivity index (χ2n) is 5.61. The van der Waals surface area contributed by atoms with E-state index in [1.54, 1.807) is 6.20 Å². The maximum atomic E-state index is 5.90. The van der Waals surface area contributed by atoms with Crippen molar-refractivity contribution in [3.8, 4) is 0 Å². The smallest absolute Gasteiger partial charge is 0.203 e. The summed E-state index contributed by atoms with van der Waals surface area (Å²) in [7, 11) is 0. The molecule has 2 heterocycles. The van der Waals surface area contributed by atoms with Crippen molar-refractivity contribution < 1.29 is 0 Å². The lowest BCUT2D eigenvalue weighted by atomic mass is 10.1. The molecule has 1 N–H and O–H groups in total. The third-order valence-corrected chi connectivity index (χ3v) is 4.17. The van der Waals surface area contributed by atoms with E-state index in [1.165, 1.54) is 18.4 Å². The average Bonchev–Trinajstić information content (AvgIpc) is 3.29. The highest BCUT2D eigenvalue weighted by Gasteiger charge is 2.29. The first-order valence-corrected chi connectivity index (χ1v) is 7.87. The van der Waals surface area contributed by atoms with Gasteiger partial charge < -0.3 is 5.32 Å². The fourth-order valence-electron chi connectivity index (χ4n) is 2.57. The number of rotatable bonds is 5. The standard InChI is InChI=1S/C16H16ClN5/c17-13-5-1-11(2-6-13)7-8-18-14-16-21-20-15(12-3-4-12)22(16)10-9-19-14/h1-2,5-6,9-10,12H,3-4,7-8H2,(H,18,19). The van der Waals surface area contributed by atoms with E-state index < -0.39 is 0 Å². The van der Waals surface area contributed by atoms with Gasteiger partial charge >= 0.3 is 0 Å². The summed E-state index contributed by atoms with van der Waals surface area (Å²) in [5.74, 6) is 2.41. The normalized spacial score (nSPS) is 14.4. The van der Waals surface area contributed by atoms with Crippen LogP contribution in [0, 0.1) is 0 Å². The van der Waals surface area contributed by atoms with Crippen LogP contribution in [-0.2, 0) is 6.42 Å². The molecule has 1 saturated carbocycles. The first-order valence-electron chi connectivity index (χ1n) is 7.49. The first kappa shape index (κ1) is 13.5. The molecule has 0 spiro atoms. The summed E-state index contributed by atoms with van der Waals surface area (Å²) in [6.45, 7) is 0.792. The summed E-state index contributed by atoms with van der Waals surface area (Å²) in [6.07, 6.45) is 7.06. The summed E-state index contributed by atoms with van der Waals surface area (Å²) >= 11 is 5.90. The predicted molar refractivity (Wildman–Crippen MR) is 86.4 cm³/mol. The molecule has 6 heteroatoms. The molecule has 22 heavy (non-hydrogen) atoms. The van der Waals surface area contributed by atoms with Crippen LogP contribution in [0.5, 0.6) is 0 Å². The van der Waals surface area contributed by atoms with E-state index in [9.17, 15) is 0 Å². The van der Waals surface area contributed by atoms with Gasteiger partial charge in [-0.05, 0) is 37.0 Å². The Kier molecular flexibility index (Phi) is 3.42. The summed E-state index contributed by atoms with van der Waals surface area (Å²) < 4.78 is 2.05. The van der Waals surface area contributed by atoms with Crippen molar-refractivity contribution in [2.24, 2.45) is 0 Å². The Bertz CT molecular complexity index is 792. The quantitative estimate of drug-likeness (QED) is 0.785. The third kappa shape index (κ3) is 2.64. The SMILES string of the molecule is Clc1ccc(CCNc2nccn3c(C4CC4)nnc23)cc1. The number of hydrogen-bond donors (Lipinski definition) is 1. The van der Waals surface area contributed by atoms with Crippen LogP contribution in [0.2, 0.25) is 5.02 Å². The minimum Gasteiger partial charge on any atom is -0.367 e. The van der Waals surface area contributed by atoms with E-state index in [2.05, 4.69) is 24.9 Å². The van der Waals surface area contributed by atoms with Gasteiger partial charge in [0.25, 0.3) is 0 Å². The molecule has 1 aliphatic rings. The van der Waals surface area contributed by atoms with Crippen molar-refractivity contribution in [3.63, 3.8) is 0 Å². The molecule has 3 aromatic rings. The number of nitrogens with one attached hydrogen (secondary N) is 1. The third-order valence-electron chi connectivity index (χ3n) is 3.92. The maximum absolute atomic E-state index is 5.90. The van der Waals surface area contributed by atoms with Crippen molar-refractivity contribution in [2.75, 3.05) is 11.9 Å². The van der Waals surface area contributed by atoms with E-state index in [-0.39, 0.29) is 0 Å². The van der Waals surface area contributed by atoms with Gasteiger partial charge in [-0.3, -0.25) is 4.40 Å². The Balaban J connectivity index is 1.48. The van der Waals surface area contributed by atoms with Gasteiger partial charge in [-0.2, -0.15) is 0 Å². The summed E-state index contributed by atoms with van der Waals surface area (Å²) in [5.41, 5.74) is 2.05. The molecule has 0 amide bonds. The second-order valence-corrected chi connectivity index (χ2v) is 6.04. The maximum Gasteiger partial charge on any atom is 0.203 e. The van der Waals surface area contributed by atoms with Gasteiger partial charge in [0, 0.05) is 29.9 Å². The number of aromatic nitrogens is 4. The summed E-state index contributed by atoms with van der Waals surface area (Å²) in [6, 6.07) is 7.91. The molecule has 0 saturated heterocycles. The first-order chi connectivity index (χ1) is 10.8. The fourth-order valence-corrected chi connectivity index (χ4v) is 2.69. The van der Waals surface area contributed by atoms with Crippen LogP contribution in [-0.4, -0.2) is 26.1 Å². The zero-order chi connectivity index (χ0) is 14.9. The monoisotopic (exact) mass is 313 g/mol.